The predicted octanol–water partition coefficient (Wildman–Crippen LogP) is 2.84. The highest BCUT2D eigenvalue weighted by molar-refractivity contribution is 8.00. The third-order valence-corrected chi connectivity index (χ3v) is 5.04. The maximum atomic E-state index is 11.9. The topological polar surface area (TPSA) is 73.2 Å². The minimum atomic E-state index is -0.568. The molecule has 0 fully saturated rings. The number of aromatic nitrogens is 2. The summed E-state index contributed by atoms with van der Waals surface area (Å²) in [6.07, 6.45) is 3.48. The molecule has 0 saturated heterocycles. The van der Waals surface area contributed by atoms with Crippen molar-refractivity contribution < 1.29 is 14.3 Å². The van der Waals surface area contributed by atoms with Crippen LogP contribution >= 0.6 is 35.3 Å². The van der Waals surface area contributed by atoms with Gasteiger partial charge in [-0.05, 0) is 42.7 Å². The van der Waals surface area contributed by atoms with Gasteiger partial charge in [-0.3, -0.25) is 4.79 Å². The molecule has 24 heavy (non-hydrogen) atoms. The first-order valence-corrected chi connectivity index (χ1v) is 9.29. The molecule has 9 heteroatoms. The maximum absolute atomic E-state index is 11.9. The van der Waals surface area contributed by atoms with Gasteiger partial charge in [0, 0.05) is 6.54 Å². The van der Waals surface area contributed by atoms with Crippen molar-refractivity contribution in [3.8, 4) is 5.69 Å². The van der Waals surface area contributed by atoms with Gasteiger partial charge in [-0.1, -0.05) is 29.2 Å². The molecule has 0 bridgehead atoms. The summed E-state index contributed by atoms with van der Waals surface area (Å²) in [5, 5.41) is 6.90. The summed E-state index contributed by atoms with van der Waals surface area (Å²) in [4.78, 5) is 23.3. The molecule has 0 spiro atoms. The fraction of sp³-hybridized carbons (Fsp3) is 0.200. The van der Waals surface area contributed by atoms with Gasteiger partial charge in [0.15, 0.2) is 14.9 Å². The quantitative estimate of drug-likeness (QED) is 0.344. The summed E-state index contributed by atoms with van der Waals surface area (Å²) in [6.45, 7) is 3.48. The van der Waals surface area contributed by atoms with E-state index in [1.807, 2.05) is 6.26 Å². The summed E-state index contributed by atoms with van der Waals surface area (Å²) in [7, 11) is 0. The molecule has 2 rings (SSSR count). The minimum absolute atomic E-state index is 0.331. The van der Waals surface area contributed by atoms with Gasteiger partial charge in [0.25, 0.3) is 5.91 Å². The van der Waals surface area contributed by atoms with Crippen LogP contribution in [0.25, 0.3) is 5.69 Å². The van der Waals surface area contributed by atoms with E-state index in [2.05, 4.69) is 17.0 Å². The number of thioether (sulfide) groups is 1. The van der Waals surface area contributed by atoms with E-state index in [0.29, 0.717) is 16.1 Å². The fourth-order valence-electron chi connectivity index (χ4n) is 1.70. The highest BCUT2D eigenvalue weighted by Crippen LogP contribution is 2.22. The Labute approximate surface area is 152 Å². The highest BCUT2D eigenvalue weighted by atomic mass is 32.2. The van der Waals surface area contributed by atoms with Gasteiger partial charge in [0.05, 0.1) is 11.3 Å². The first kappa shape index (κ1) is 18.4. The third kappa shape index (κ3) is 4.76. The molecule has 2 aromatic rings. The Balaban J connectivity index is 2.02. The number of hydrogen-bond acceptors (Lipinski definition) is 7. The number of esters is 1. The van der Waals surface area contributed by atoms with Crippen molar-refractivity contribution in [2.45, 2.75) is 4.34 Å². The molecule has 1 N–H and O–H groups in total. The smallest absolute Gasteiger partial charge is 0.338 e. The van der Waals surface area contributed by atoms with Gasteiger partial charge in [-0.2, -0.15) is 0 Å². The van der Waals surface area contributed by atoms with E-state index in [1.165, 1.54) is 23.1 Å². The Morgan fingerprint density at radius 3 is 2.75 bits per heavy atom. The Bertz CT molecular complexity index is 796. The lowest BCUT2D eigenvalue weighted by Gasteiger charge is -2.06. The molecule has 1 heterocycles. The number of carbonyl (C=O) groups is 2. The summed E-state index contributed by atoms with van der Waals surface area (Å²) < 4.78 is 8.09. The van der Waals surface area contributed by atoms with Crippen LogP contribution in [0.3, 0.4) is 0 Å². The maximum Gasteiger partial charge on any atom is 0.338 e. The first-order chi connectivity index (χ1) is 11.5. The van der Waals surface area contributed by atoms with E-state index in [4.69, 9.17) is 17.0 Å². The molecule has 0 saturated carbocycles. The van der Waals surface area contributed by atoms with Gasteiger partial charge in [-0.25, -0.2) is 9.48 Å². The lowest BCUT2D eigenvalue weighted by Crippen LogP contribution is -2.28. The van der Waals surface area contributed by atoms with Gasteiger partial charge >= 0.3 is 5.97 Å². The summed E-state index contributed by atoms with van der Waals surface area (Å²) in [5.74, 6) is -0.944. The van der Waals surface area contributed by atoms with E-state index < -0.39 is 5.97 Å². The number of nitrogens with zero attached hydrogens (tertiary/aromatic N) is 2. The molecule has 0 atom stereocenters. The molecule has 1 aromatic carbocycles. The van der Waals surface area contributed by atoms with Crippen molar-refractivity contribution in [1.82, 2.24) is 15.1 Å². The lowest BCUT2D eigenvalue weighted by molar-refractivity contribution is -0.124. The second-order valence-corrected chi connectivity index (χ2v) is 7.14. The molecular weight excluding hydrogens is 366 g/mol. The van der Waals surface area contributed by atoms with Crippen LogP contribution in [0.2, 0.25) is 0 Å². The van der Waals surface area contributed by atoms with Gasteiger partial charge in [0.1, 0.15) is 0 Å². The molecule has 0 unspecified atom stereocenters. The zero-order valence-electron chi connectivity index (χ0n) is 12.9. The van der Waals surface area contributed by atoms with Gasteiger partial charge in [-0.15, -0.1) is 11.7 Å². The van der Waals surface area contributed by atoms with Crippen LogP contribution < -0.4 is 5.32 Å². The van der Waals surface area contributed by atoms with Crippen molar-refractivity contribution >= 4 is 47.2 Å². The van der Waals surface area contributed by atoms with Crippen LogP contribution in [-0.4, -0.2) is 41.1 Å². The molecule has 1 aromatic heterocycles. The van der Waals surface area contributed by atoms with Crippen LogP contribution in [0.4, 0.5) is 0 Å². The van der Waals surface area contributed by atoms with E-state index in [9.17, 15) is 9.59 Å². The van der Waals surface area contributed by atoms with Crippen LogP contribution in [0.15, 0.2) is 41.3 Å². The summed E-state index contributed by atoms with van der Waals surface area (Å²) in [5.41, 5.74) is 1.11. The molecule has 0 aliphatic heterocycles. The Kier molecular flexibility index (Phi) is 6.71. The second kappa shape index (κ2) is 8.76. The molecule has 0 radical (unpaired) electrons. The molecular formula is C15H15N3O3S3. The monoisotopic (exact) mass is 381 g/mol. The van der Waals surface area contributed by atoms with E-state index in [1.54, 1.807) is 35.0 Å². The Morgan fingerprint density at radius 2 is 2.17 bits per heavy atom. The SMILES string of the molecule is C=CCNC(=O)COC(=O)c1ccc(-n2nc(SC)sc2=S)cc1. The number of nitrogens with one attached hydrogen (secondary N) is 1. The molecule has 0 aliphatic carbocycles. The first-order valence-electron chi connectivity index (χ1n) is 6.84. The van der Waals surface area contributed by atoms with Crippen LogP contribution in [0.5, 0.6) is 0 Å². The number of ether oxygens (including phenoxy) is 1. The zero-order valence-corrected chi connectivity index (χ0v) is 15.3. The number of amides is 1. The van der Waals surface area contributed by atoms with Crippen LogP contribution in [0, 0.1) is 3.95 Å². The zero-order chi connectivity index (χ0) is 17.5. The molecule has 1 amide bonds. The Hall–Kier alpha value is -1.97. The van der Waals surface area contributed by atoms with E-state index in [0.717, 1.165) is 10.0 Å². The average molecular weight is 382 g/mol. The Morgan fingerprint density at radius 1 is 1.46 bits per heavy atom. The number of rotatable bonds is 7. The van der Waals surface area contributed by atoms with Crippen molar-refractivity contribution in [2.75, 3.05) is 19.4 Å². The van der Waals surface area contributed by atoms with Crippen LogP contribution in [0.1, 0.15) is 10.4 Å². The lowest BCUT2D eigenvalue weighted by atomic mass is 10.2. The predicted molar refractivity (Wildman–Crippen MR) is 97.5 cm³/mol. The number of benzene rings is 1. The summed E-state index contributed by atoms with van der Waals surface area (Å²) >= 11 is 8.22. The van der Waals surface area contributed by atoms with Crippen LogP contribution in [-0.2, 0) is 9.53 Å². The molecule has 0 aliphatic rings. The van der Waals surface area contributed by atoms with Crippen molar-refractivity contribution in [1.29, 1.82) is 0 Å². The van der Waals surface area contributed by atoms with Gasteiger partial charge in [0.2, 0.25) is 0 Å². The van der Waals surface area contributed by atoms with Crippen molar-refractivity contribution in [3.63, 3.8) is 0 Å². The highest BCUT2D eigenvalue weighted by Gasteiger charge is 2.11. The molecule has 126 valence electrons. The number of hydrogen-bond donors (Lipinski definition) is 1. The summed E-state index contributed by atoms with van der Waals surface area (Å²) in [6, 6.07) is 6.68. The third-order valence-electron chi connectivity index (χ3n) is 2.83. The second-order valence-electron chi connectivity index (χ2n) is 4.47. The normalized spacial score (nSPS) is 10.2. The van der Waals surface area contributed by atoms with E-state index >= 15 is 0 Å². The van der Waals surface area contributed by atoms with Crippen molar-refractivity contribution in [2.24, 2.45) is 0 Å². The largest absolute Gasteiger partial charge is 0.452 e. The van der Waals surface area contributed by atoms with Gasteiger partial charge < -0.3 is 10.1 Å². The standard InChI is InChI=1S/C15H15N3O3S3/c1-3-8-16-12(19)9-21-13(20)10-4-6-11(7-5-10)18-15(22)24-14(17-18)23-2/h3-7H,1,8-9H2,2H3,(H,16,19). The van der Waals surface area contributed by atoms with Crippen molar-refractivity contribution in [3.05, 3.63) is 46.4 Å². The fourth-order valence-corrected chi connectivity index (χ4v) is 3.48. The minimum Gasteiger partial charge on any atom is -0.452 e. The number of carbonyl (C=O) groups excluding carboxylic acids is 2. The van der Waals surface area contributed by atoms with E-state index in [-0.39, 0.29) is 12.5 Å². The average Bonchev–Trinajstić information content (AvgIpc) is 2.99. The molecule has 6 nitrogen and oxygen atoms in total.